The summed E-state index contributed by atoms with van der Waals surface area (Å²) in [5, 5.41) is 0. The molecule has 0 fully saturated rings. The number of halogens is 3. The molecule has 4 rings (SSSR count). The van der Waals surface area contributed by atoms with E-state index in [0.29, 0.717) is 48.7 Å². The highest BCUT2D eigenvalue weighted by molar-refractivity contribution is 5.65. The average molecular weight is 481 g/mol. The second kappa shape index (κ2) is 11.8. The first-order chi connectivity index (χ1) is 17.0. The van der Waals surface area contributed by atoms with Crippen molar-refractivity contribution in [2.45, 2.75) is 65.2 Å². The van der Waals surface area contributed by atoms with Gasteiger partial charge in [-0.3, -0.25) is 0 Å². The summed E-state index contributed by atoms with van der Waals surface area (Å²) in [6.07, 6.45) is 11.0. The van der Waals surface area contributed by atoms with Crippen molar-refractivity contribution in [1.82, 2.24) is 0 Å². The minimum Gasteiger partial charge on any atom is -0.494 e. The molecule has 2 aromatic rings. The molecule has 2 aromatic carbocycles. The third-order valence-corrected chi connectivity index (χ3v) is 7.30. The molecule has 186 valence electrons. The van der Waals surface area contributed by atoms with E-state index < -0.39 is 17.6 Å². The lowest BCUT2D eigenvalue weighted by molar-refractivity contribution is 0.338. The molecular formula is C31H35F3O. The summed E-state index contributed by atoms with van der Waals surface area (Å²) >= 11 is 0. The van der Waals surface area contributed by atoms with Gasteiger partial charge in [-0.25, -0.2) is 13.2 Å². The Bertz CT molecular complexity index is 1110. The Hall–Kier alpha value is -2.75. The molecule has 0 N–H and O–H groups in total. The minimum atomic E-state index is -0.675. The molecule has 0 bridgehead atoms. The van der Waals surface area contributed by atoms with Gasteiger partial charge >= 0.3 is 0 Å². The molecular weight excluding hydrogens is 445 g/mol. The Morgan fingerprint density at radius 3 is 2.37 bits per heavy atom. The lowest BCUT2D eigenvalue weighted by Gasteiger charge is -2.28. The van der Waals surface area contributed by atoms with Gasteiger partial charge in [0.15, 0.2) is 5.83 Å². The van der Waals surface area contributed by atoms with Crippen molar-refractivity contribution in [3.05, 3.63) is 88.8 Å². The standard InChI is InChI=1S/C31H35F3O/c1-3-5-21-6-13-24(14-7-21)28-18-16-25(30(33)31(28)34)15-10-22-8-11-23(12-9-22)27-19-17-26(35-4-2)20-29(27)32/h8-9,11-13,16-17,19-21,28H,3-7,10,14-15,18H2,1-2H3. The molecule has 0 spiro atoms. The second-order valence-electron chi connectivity index (χ2n) is 9.66. The van der Waals surface area contributed by atoms with Gasteiger partial charge in [0.05, 0.1) is 6.61 Å². The molecule has 0 amide bonds. The molecule has 2 atom stereocenters. The summed E-state index contributed by atoms with van der Waals surface area (Å²) in [5.74, 6) is -0.828. The van der Waals surface area contributed by atoms with Crippen molar-refractivity contribution >= 4 is 0 Å². The number of hydrogen-bond acceptors (Lipinski definition) is 1. The SMILES string of the molecule is CCCC1CC=C(C2CC=C(CCc3ccc(-c4ccc(OCC)cc4F)cc3)C(F)=C2F)CC1. The predicted molar refractivity (Wildman–Crippen MR) is 137 cm³/mol. The maximum Gasteiger partial charge on any atom is 0.158 e. The van der Waals surface area contributed by atoms with E-state index in [1.807, 2.05) is 37.3 Å². The highest BCUT2D eigenvalue weighted by Gasteiger charge is 2.29. The van der Waals surface area contributed by atoms with Gasteiger partial charge < -0.3 is 4.74 Å². The van der Waals surface area contributed by atoms with E-state index in [4.69, 9.17) is 4.74 Å². The van der Waals surface area contributed by atoms with E-state index in [0.717, 1.165) is 36.0 Å². The van der Waals surface area contributed by atoms with Crippen LogP contribution in [-0.4, -0.2) is 6.61 Å². The molecule has 2 unspecified atom stereocenters. The number of ether oxygens (including phenoxy) is 1. The van der Waals surface area contributed by atoms with E-state index in [2.05, 4.69) is 13.0 Å². The average Bonchev–Trinajstić information content (AvgIpc) is 2.87. The first-order valence-electron chi connectivity index (χ1n) is 12.9. The van der Waals surface area contributed by atoms with Crippen LogP contribution in [-0.2, 0) is 6.42 Å². The summed E-state index contributed by atoms with van der Waals surface area (Å²) < 4.78 is 49.7. The first kappa shape index (κ1) is 25.3. The molecule has 0 radical (unpaired) electrons. The Morgan fingerprint density at radius 1 is 0.914 bits per heavy atom. The van der Waals surface area contributed by atoms with Crippen LogP contribution in [0.2, 0.25) is 0 Å². The van der Waals surface area contributed by atoms with Crippen molar-refractivity contribution in [1.29, 1.82) is 0 Å². The second-order valence-corrected chi connectivity index (χ2v) is 9.66. The van der Waals surface area contributed by atoms with E-state index in [9.17, 15) is 13.2 Å². The smallest absolute Gasteiger partial charge is 0.158 e. The van der Waals surface area contributed by atoms with Gasteiger partial charge in [0, 0.05) is 17.5 Å². The Morgan fingerprint density at radius 2 is 1.71 bits per heavy atom. The van der Waals surface area contributed by atoms with Gasteiger partial charge in [-0.2, -0.15) is 0 Å². The van der Waals surface area contributed by atoms with Gasteiger partial charge in [0.2, 0.25) is 0 Å². The summed E-state index contributed by atoms with van der Waals surface area (Å²) in [7, 11) is 0. The van der Waals surface area contributed by atoms with E-state index in [1.165, 1.54) is 18.9 Å². The van der Waals surface area contributed by atoms with Gasteiger partial charge in [-0.1, -0.05) is 61.8 Å². The summed E-state index contributed by atoms with van der Waals surface area (Å²) in [6.45, 7) is 4.54. The van der Waals surface area contributed by atoms with Crippen molar-refractivity contribution in [3.8, 4) is 16.9 Å². The number of rotatable bonds is 9. The van der Waals surface area contributed by atoms with Crippen molar-refractivity contribution in [3.63, 3.8) is 0 Å². The van der Waals surface area contributed by atoms with Crippen LogP contribution in [0.4, 0.5) is 13.2 Å². The fraction of sp³-hybridized carbons (Fsp3) is 0.419. The topological polar surface area (TPSA) is 9.23 Å². The number of benzene rings is 2. The van der Waals surface area contributed by atoms with Crippen LogP contribution in [0.5, 0.6) is 5.75 Å². The van der Waals surface area contributed by atoms with Gasteiger partial charge in [0.25, 0.3) is 0 Å². The predicted octanol–water partition coefficient (Wildman–Crippen LogP) is 9.45. The third kappa shape index (κ3) is 6.09. The highest BCUT2D eigenvalue weighted by atomic mass is 19.2. The number of hydrogen-bond donors (Lipinski definition) is 0. The summed E-state index contributed by atoms with van der Waals surface area (Å²) in [6, 6.07) is 12.5. The molecule has 2 aliphatic rings. The highest BCUT2D eigenvalue weighted by Crippen LogP contribution is 2.41. The van der Waals surface area contributed by atoms with E-state index in [-0.39, 0.29) is 5.82 Å². The van der Waals surface area contributed by atoms with Gasteiger partial charge in [-0.15, -0.1) is 0 Å². The lowest BCUT2D eigenvalue weighted by Crippen LogP contribution is -2.15. The molecule has 2 aliphatic carbocycles. The van der Waals surface area contributed by atoms with Crippen LogP contribution in [0.3, 0.4) is 0 Å². The Kier molecular flexibility index (Phi) is 8.54. The zero-order chi connectivity index (χ0) is 24.8. The van der Waals surface area contributed by atoms with Crippen molar-refractivity contribution < 1.29 is 17.9 Å². The maximum atomic E-state index is 15.0. The van der Waals surface area contributed by atoms with Crippen LogP contribution in [0.1, 0.15) is 64.4 Å². The van der Waals surface area contributed by atoms with Crippen LogP contribution in [0, 0.1) is 17.7 Å². The first-order valence-corrected chi connectivity index (χ1v) is 12.9. The van der Waals surface area contributed by atoms with E-state index >= 15 is 0 Å². The molecule has 0 heterocycles. The largest absolute Gasteiger partial charge is 0.494 e. The molecule has 0 aromatic heterocycles. The molecule has 0 saturated carbocycles. The molecule has 35 heavy (non-hydrogen) atoms. The van der Waals surface area contributed by atoms with Crippen LogP contribution < -0.4 is 4.74 Å². The molecule has 4 heteroatoms. The Balaban J connectivity index is 1.36. The normalized spacial score (nSPS) is 20.5. The van der Waals surface area contributed by atoms with E-state index in [1.54, 1.807) is 12.1 Å². The molecule has 0 saturated heterocycles. The minimum absolute atomic E-state index is 0.331. The summed E-state index contributed by atoms with van der Waals surface area (Å²) in [4.78, 5) is 0. The number of allylic oxidation sites excluding steroid dienone is 6. The Labute approximate surface area is 207 Å². The van der Waals surface area contributed by atoms with Crippen LogP contribution in [0.15, 0.2) is 77.4 Å². The fourth-order valence-electron chi connectivity index (χ4n) is 5.30. The van der Waals surface area contributed by atoms with Crippen molar-refractivity contribution in [2.24, 2.45) is 11.8 Å². The quantitative estimate of drug-likeness (QED) is 0.325. The number of aryl methyl sites for hydroxylation is 1. The fourth-order valence-corrected chi connectivity index (χ4v) is 5.30. The molecule has 1 nitrogen and oxygen atoms in total. The summed E-state index contributed by atoms with van der Waals surface area (Å²) in [5.41, 5.74) is 3.81. The zero-order valence-electron chi connectivity index (χ0n) is 20.8. The van der Waals surface area contributed by atoms with Gasteiger partial charge in [-0.05, 0) is 80.2 Å². The van der Waals surface area contributed by atoms with Crippen LogP contribution >= 0.6 is 0 Å². The van der Waals surface area contributed by atoms with Crippen LogP contribution in [0.25, 0.3) is 11.1 Å². The third-order valence-electron chi connectivity index (χ3n) is 7.30. The van der Waals surface area contributed by atoms with Crippen molar-refractivity contribution in [2.75, 3.05) is 6.61 Å². The monoisotopic (exact) mass is 480 g/mol. The van der Waals surface area contributed by atoms with Gasteiger partial charge in [0.1, 0.15) is 17.4 Å². The maximum absolute atomic E-state index is 15.0. The lowest BCUT2D eigenvalue weighted by atomic mass is 9.78. The zero-order valence-corrected chi connectivity index (χ0v) is 20.8. The molecule has 0 aliphatic heterocycles.